The number of carbonyl (C=O) groups excluding carboxylic acids is 2. The van der Waals surface area contributed by atoms with Gasteiger partial charge in [-0.15, -0.1) is 0 Å². The summed E-state index contributed by atoms with van der Waals surface area (Å²) in [6.07, 6.45) is -1.12. The Bertz CT molecular complexity index is 515. The summed E-state index contributed by atoms with van der Waals surface area (Å²) in [7, 11) is 1.23. The lowest BCUT2D eigenvalue weighted by atomic mass is 10.2. The van der Waals surface area contributed by atoms with Gasteiger partial charge in [-0.2, -0.15) is 0 Å². The number of amides is 2. The van der Waals surface area contributed by atoms with Crippen LogP contribution in [0.2, 0.25) is 0 Å². The minimum absolute atomic E-state index is 0.178. The second-order valence-corrected chi connectivity index (χ2v) is 4.17. The minimum Gasteiger partial charge on any atom is -0.479 e. The molecule has 0 aliphatic heterocycles. The van der Waals surface area contributed by atoms with Crippen LogP contribution in [-0.2, 0) is 14.3 Å². The minimum atomic E-state index is -1.18. The summed E-state index contributed by atoms with van der Waals surface area (Å²) >= 11 is 0. The number of aliphatic carboxylic acids is 1. The Kier molecular flexibility index (Phi) is 6.15. The third-order valence-electron chi connectivity index (χ3n) is 2.63. The van der Waals surface area contributed by atoms with Crippen LogP contribution in [-0.4, -0.2) is 49.2 Å². The number of ether oxygens (including phenoxy) is 1. The van der Waals surface area contributed by atoms with E-state index in [9.17, 15) is 14.4 Å². The highest BCUT2D eigenvalue weighted by atomic mass is 16.5. The molecule has 0 fully saturated rings. The maximum absolute atomic E-state index is 11.7. The molecule has 8 heteroatoms. The molecule has 0 aromatic heterocycles. The third kappa shape index (κ3) is 5.49. The zero-order valence-electron chi connectivity index (χ0n) is 11.5. The van der Waals surface area contributed by atoms with Crippen LogP contribution < -0.4 is 16.4 Å². The molecule has 0 spiro atoms. The normalized spacial score (nSPS) is 11.5. The Morgan fingerprint density at radius 2 is 1.86 bits per heavy atom. The van der Waals surface area contributed by atoms with Crippen molar-refractivity contribution in [1.29, 1.82) is 0 Å². The molecule has 0 aliphatic rings. The monoisotopic (exact) mass is 295 g/mol. The van der Waals surface area contributed by atoms with E-state index in [-0.39, 0.29) is 13.1 Å². The molecule has 21 heavy (non-hydrogen) atoms. The molecule has 0 saturated heterocycles. The van der Waals surface area contributed by atoms with Gasteiger partial charge in [0.25, 0.3) is 5.91 Å². The van der Waals surface area contributed by atoms with E-state index in [4.69, 9.17) is 10.8 Å². The molecule has 2 amide bonds. The largest absolute Gasteiger partial charge is 0.479 e. The van der Waals surface area contributed by atoms with Gasteiger partial charge in [0.15, 0.2) is 6.10 Å². The highest BCUT2D eigenvalue weighted by molar-refractivity contribution is 5.96. The van der Waals surface area contributed by atoms with Crippen molar-refractivity contribution in [2.24, 2.45) is 0 Å². The fraction of sp³-hybridized carbons (Fsp3) is 0.308. The number of anilines is 1. The summed E-state index contributed by atoms with van der Waals surface area (Å²) in [4.78, 5) is 33.9. The quantitative estimate of drug-likeness (QED) is 0.488. The maximum atomic E-state index is 11.7. The van der Waals surface area contributed by atoms with Gasteiger partial charge < -0.3 is 26.2 Å². The number of nitrogens with one attached hydrogen (secondary N) is 2. The number of carboxylic acids is 1. The fourth-order valence-electron chi connectivity index (χ4n) is 1.44. The van der Waals surface area contributed by atoms with Crippen molar-refractivity contribution >= 4 is 23.5 Å². The van der Waals surface area contributed by atoms with E-state index < -0.39 is 23.9 Å². The average molecular weight is 295 g/mol. The Morgan fingerprint density at radius 1 is 1.24 bits per heavy atom. The lowest BCUT2D eigenvalue weighted by Crippen LogP contribution is -2.42. The second kappa shape index (κ2) is 7.85. The lowest BCUT2D eigenvalue weighted by molar-refractivity contribution is -0.148. The molecule has 1 rings (SSSR count). The Morgan fingerprint density at radius 3 is 2.38 bits per heavy atom. The van der Waals surface area contributed by atoms with Gasteiger partial charge >= 0.3 is 5.97 Å². The number of hydrogen-bond donors (Lipinski definition) is 4. The zero-order chi connectivity index (χ0) is 15.8. The first-order valence-electron chi connectivity index (χ1n) is 6.10. The molecule has 0 saturated carbocycles. The van der Waals surface area contributed by atoms with Crippen molar-refractivity contribution in [2.45, 2.75) is 6.10 Å². The molecule has 0 aliphatic carbocycles. The lowest BCUT2D eigenvalue weighted by Gasteiger charge is -2.12. The average Bonchev–Trinajstić information content (AvgIpc) is 2.45. The topological polar surface area (TPSA) is 131 Å². The molecule has 1 aromatic carbocycles. The van der Waals surface area contributed by atoms with Crippen LogP contribution >= 0.6 is 0 Å². The molecule has 8 nitrogen and oxygen atoms in total. The molecule has 1 atom stereocenters. The SMILES string of the molecule is COC(CNC(=O)CNC(=O)c1ccc(N)cc1)C(=O)O. The summed E-state index contributed by atoms with van der Waals surface area (Å²) in [5.41, 5.74) is 6.40. The molecular formula is C13H17N3O5. The van der Waals surface area contributed by atoms with Crippen molar-refractivity contribution in [3.05, 3.63) is 29.8 Å². The Balaban J connectivity index is 2.37. The van der Waals surface area contributed by atoms with E-state index >= 15 is 0 Å². The van der Waals surface area contributed by atoms with E-state index in [1.54, 1.807) is 12.1 Å². The molecule has 1 aromatic rings. The number of nitrogen functional groups attached to an aromatic ring is 1. The van der Waals surface area contributed by atoms with Gasteiger partial charge in [0, 0.05) is 18.4 Å². The predicted molar refractivity (Wildman–Crippen MR) is 74.6 cm³/mol. The Labute approximate surface area is 121 Å². The standard InChI is InChI=1S/C13H17N3O5/c1-21-10(13(19)20)6-15-11(17)7-16-12(18)8-2-4-9(14)5-3-8/h2-5,10H,6-7,14H2,1H3,(H,15,17)(H,16,18)(H,19,20). The van der Waals surface area contributed by atoms with Crippen molar-refractivity contribution in [2.75, 3.05) is 25.9 Å². The number of methoxy groups -OCH3 is 1. The van der Waals surface area contributed by atoms with Gasteiger partial charge in [0.05, 0.1) is 13.1 Å². The zero-order valence-corrected chi connectivity index (χ0v) is 11.5. The fourth-order valence-corrected chi connectivity index (χ4v) is 1.44. The summed E-state index contributed by atoms with van der Waals surface area (Å²) in [5.74, 6) is -2.11. The third-order valence-corrected chi connectivity index (χ3v) is 2.63. The van der Waals surface area contributed by atoms with Gasteiger partial charge in [0.1, 0.15) is 0 Å². The van der Waals surface area contributed by atoms with Crippen molar-refractivity contribution in [3.8, 4) is 0 Å². The van der Waals surface area contributed by atoms with Gasteiger partial charge in [0.2, 0.25) is 5.91 Å². The van der Waals surface area contributed by atoms with Crippen LogP contribution in [0.25, 0.3) is 0 Å². The molecule has 0 bridgehead atoms. The molecule has 1 unspecified atom stereocenters. The molecular weight excluding hydrogens is 278 g/mol. The molecule has 5 N–H and O–H groups in total. The Hall–Kier alpha value is -2.61. The van der Waals surface area contributed by atoms with Gasteiger partial charge in [-0.3, -0.25) is 9.59 Å². The van der Waals surface area contributed by atoms with Crippen molar-refractivity contribution in [1.82, 2.24) is 10.6 Å². The van der Waals surface area contributed by atoms with Crippen molar-refractivity contribution < 1.29 is 24.2 Å². The molecule has 0 heterocycles. The van der Waals surface area contributed by atoms with E-state index in [0.717, 1.165) is 0 Å². The number of rotatable bonds is 7. The van der Waals surface area contributed by atoms with Crippen LogP contribution in [0.15, 0.2) is 24.3 Å². The van der Waals surface area contributed by atoms with Gasteiger partial charge in [-0.05, 0) is 24.3 Å². The number of carbonyl (C=O) groups is 3. The van der Waals surface area contributed by atoms with Crippen LogP contribution in [0.4, 0.5) is 5.69 Å². The van der Waals surface area contributed by atoms with E-state index in [1.165, 1.54) is 19.2 Å². The summed E-state index contributed by atoms with van der Waals surface area (Å²) < 4.78 is 4.65. The predicted octanol–water partition coefficient (Wildman–Crippen LogP) is -0.786. The van der Waals surface area contributed by atoms with Crippen LogP contribution in [0.5, 0.6) is 0 Å². The first kappa shape index (κ1) is 16.4. The highest BCUT2D eigenvalue weighted by Crippen LogP contribution is 2.04. The second-order valence-electron chi connectivity index (χ2n) is 4.17. The number of carboxylic acid groups (broad SMARTS) is 1. The smallest absolute Gasteiger partial charge is 0.334 e. The molecule has 0 radical (unpaired) electrons. The number of hydrogen-bond acceptors (Lipinski definition) is 5. The first-order valence-corrected chi connectivity index (χ1v) is 6.10. The summed E-state index contributed by atoms with van der Waals surface area (Å²) in [5, 5.41) is 13.5. The number of benzene rings is 1. The van der Waals surface area contributed by atoms with Crippen LogP contribution in [0.1, 0.15) is 10.4 Å². The highest BCUT2D eigenvalue weighted by Gasteiger charge is 2.17. The maximum Gasteiger partial charge on any atom is 0.334 e. The van der Waals surface area contributed by atoms with Crippen molar-refractivity contribution in [3.63, 3.8) is 0 Å². The molecule has 114 valence electrons. The van der Waals surface area contributed by atoms with E-state index in [2.05, 4.69) is 15.4 Å². The van der Waals surface area contributed by atoms with E-state index in [0.29, 0.717) is 11.3 Å². The van der Waals surface area contributed by atoms with Gasteiger partial charge in [-0.25, -0.2) is 4.79 Å². The summed E-state index contributed by atoms with van der Waals surface area (Å²) in [6.45, 7) is -0.443. The number of nitrogens with two attached hydrogens (primary N) is 1. The first-order chi connectivity index (χ1) is 9.93. The van der Waals surface area contributed by atoms with Crippen LogP contribution in [0.3, 0.4) is 0 Å². The van der Waals surface area contributed by atoms with Gasteiger partial charge in [-0.1, -0.05) is 0 Å². The van der Waals surface area contributed by atoms with Crippen LogP contribution in [0, 0.1) is 0 Å². The van der Waals surface area contributed by atoms with E-state index in [1.807, 2.05) is 0 Å². The summed E-state index contributed by atoms with van der Waals surface area (Å²) in [6, 6.07) is 6.22.